The summed E-state index contributed by atoms with van der Waals surface area (Å²) in [6.45, 7) is 1.62. The van der Waals surface area contributed by atoms with Gasteiger partial charge in [0, 0.05) is 71.1 Å². The van der Waals surface area contributed by atoms with E-state index in [-0.39, 0.29) is 0 Å². The first-order valence-corrected chi connectivity index (χ1v) is 21.4. The van der Waals surface area contributed by atoms with Crippen molar-refractivity contribution >= 4 is 69.0 Å². The molecule has 4 aromatic heterocycles. The highest BCUT2D eigenvalue weighted by Gasteiger charge is 2.15. The van der Waals surface area contributed by atoms with E-state index in [2.05, 4.69) is 143 Å². The third-order valence-electron chi connectivity index (χ3n) is 10.6. The van der Waals surface area contributed by atoms with Crippen LogP contribution < -0.4 is 25.6 Å². The first kappa shape index (κ1) is 44.6. The van der Waals surface area contributed by atoms with Crippen LogP contribution in [0, 0.1) is 0 Å². The van der Waals surface area contributed by atoms with Gasteiger partial charge in [-0.3, -0.25) is 0 Å². The molecule has 10 rings (SSSR count). The normalized spacial score (nSPS) is 10.6. The Kier molecular flexibility index (Phi) is 14.6. The second-order valence-electron chi connectivity index (χ2n) is 15.0. The number of nitrogens with one attached hydrogen (secondary N) is 2. The van der Waals surface area contributed by atoms with Crippen LogP contribution in [0.2, 0.25) is 5.15 Å². The predicted molar refractivity (Wildman–Crippen MR) is 265 cm³/mol. The van der Waals surface area contributed by atoms with Crippen LogP contribution in [0.15, 0.2) is 195 Å². The van der Waals surface area contributed by atoms with Crippen LogP contribution in [-0.4, -0.2) is 60.5 Å². The van der Waals surface area contributed by atoms with E-state index >= 15 is 0 Å². The van der Waals surface area contributed by atoms with E-state index in [0.717, 1.165) is 47.3 Å². The molecule has 6 aromatic carbocycles. The number of hydrogen-bond donors (Lipinski definition) is 4. The molecule has 12 nitrogen and oxygen atoms in total. The lowest BCUT2D eigenvalue weighted by Gasteiger charge is -2.11. The SMILES string of the molecule is COc1ccccc1-c1cc(Nc2cccc(Cn3ccc4ccccc43)c2)ncn1.COc1ccccc1B(O)O.Clc1cc(Nc2cccc(Cn3ccc4ccccc43)c2)ncn1. The van der Waals surface area contributed by atoms with Crippen molar-refractivity contribution in [2.45, 2.75) is 13.1 Å². The third kappa shape index (κ3) is 11.4. The molecular weight excluding hydrogens is 847 g/mol. The van der Waals surface area contributed by atoms with Crippen molar-refractivity contribution in [3.05, 3.63) is 211 Å². The average molecular weight is 893 g/mol. The van der Waals surface area contributed by atoms with E-state index in [9.17, 15) is 0 Å². The second kappa shape index (κ2) is 21.6. The molecule has 0 aliphatic rings. The minimum atomic E-state index is -1.47. The maximum absolute atomic E-state index is 8.81. The van der Waals surface area contributed by atoms with E-state index in [1.54, 1.807) is 43.8 Å². The number of para-hydroxylation sites is 4. The molecule has 0 radical (unpaired) electrons. The molecule has 0 amide bonds. The summed E-state index contributed by atoms with van der Waals surface area (Å²) in [6.07, 6.45) is 7.27. The van der Waals surface area contributed by atoms with Gasteiger partial charge in [-0.05, 0) is 88.6 Å². The Morgan fingerprint density at radius 3 is 1.61 bits per heavy atom. The molecule has 328 valence electrons. The quantitative estimate of drug-likeness (QED) is 0.0691. The number of benzene rings is 6. The van der Waals surface area contributed by atoms with Crippen LogP contribution in [0.5, 0.6) is 11.5 Å². The number of halogens is 1. The van der Waals surface area contributed by atoms with Gasteiger partial charge in [0.2, 0.25) is 0 Å². The van der Waals surface area contributed by atoms with Crippen molar-refractivity contribution in [3.63, 3.8) is 0 Å². The van der Waals surface area contributed by atoms with Crippen LogP contribution in [0.3, 0.4) is 0 Å². The third-order valence-corrected chi connectivity index (χ3v) is 10.8. The van der Waals surface area contributed by atoms with E-state index in [1.165, 1.54) is 46.4 Å². The summed E-state index contributed by atoms with van der Waals surface area (Å²) in [4.78, 5) is 16.9. The van der Waals surface area contributed by atoms with E-state index in [4.69, 9.17) is 31.1 Å². The van der Waals surface area contributed by atoms with E-state index in [1.807, 2.05) is 48.5 Å². The molecule has 4 N–H and O–H groups in total. The Hall–Kier alpha value is -7.97. The summed E-state index contributed by atoms with van der Waals surface area (Å²) in [5.41, 5.74) is 8.98. The molecule has 0 aliphatic carbocycles. The number of aromatic nitrogens is 6. The highest BCUT2D eigenvalue weighted by molar-refractivity contribution is 6.59. The number of ether oxygens (including phenoxy) is 2. The first-order chi connectivity index (χ1) is 32.3. The zero-order valence-corrected chi connectivity index (χ0v) is 37.0. The van der Waals surface area contributed by atoms with Gasteiger partial charge in [0.15, 0.2) is 0 Å². The first-order valence-electron chi connectivity index (χ1n) is 21.1. The molecule has 0 bridgehead atoms. The van der Waals surface area contributed by atoms with Gasteiger partial charge < -0.3 is 39.3 Å². The molecule has 10 aromatic rings. The van der Waals surface area contributed by atoms with Crippen molar-refractivity contribution in [1.82, 2.24) is 29.1 Å². The summed E-state index contributed by atoms with van der Waals surface area (Å²) in [5, 5.41) is 27.2. The largest absolute Gasteiger partial charge is 0.497 e. The van der Waals surface area contributed by atoms with E-state index in [0.29, 0.717) is 22.2 Å². The summed E-state index contributed by atoms with van der Waals surface area (Å²) >= 11 is 5.90. The number of anilines is 4. The van der Waals surface area contributed by atoms with Crippen molar-refractivity contribution in [2.75, 3.05) is 24.9 Å². The Bertz CT molecular complexity index is 3180. The molecular formula is C52H46BClN8O4. The second-order valence-corrected chi connectivity index (χ2v) is 15.4. The fourth-order valence-corrected chi connectivity index (χ4v) is 7.60. The lowest BCUT2D eigenvalue weighted by molar-refractivity contribution is 0.403. The van der Waals surface area contributed by atoms with Gasteiger partial charge in [-0.15, -0.1) is 0 Å². The van der Waals surface area contributed by atoms with E-state index < -0.39 is 7.12 Å². The van der Waals surface area contributed by atoms with Gasteiger partial charge in [-0.25, -0.2) is 19.9 Å². The number of hydrogen-bond acceptors (Lipinski definition) is 10. The minimum Gasteiger partial charge on any atom is -0.497 e. The van der Waals surface area contributed by atoms with Crippen LogP contribution in [0.1, 0.15) is 11.1 Å². The minimum absolute atomic E-state index is 0.384. The van der Waals surface area contributed by atoms with Gasteiger partial charge in [-0.2, -0.15) is 0 Å². The maximum Gasteiger partial charge on any atom is 0.492 e. The lowest BCUT2D eigenvalue weighted by atomic mass is 9.80. The zero-order chi connectivity index (χ0) is 45.7. The topological polar surface area (TPSA) is 144 Å². The number of fused-ring (bicyclic) bond motifs is 2. The Morgan fingerprint density at radius 2 is 1.05 bits per heavy atom. The molecule has 0 spiro atoms. The van der Waals surface area contributed by atoms with Crippen molar-refractivity contribution in [3.8, 4) is 22.8 Å². The summed E-state index contributed by atoms with van der Waals surface area (Å²) in [6, 6.07) is 56.0. The zero-order valence-electron chi connectivity index (χ0n) is 36.2. The van der Waals surface area contributed by atoms with Gasteiger partial charge in [-0.1, -0.05) is 103 Å². The summed E-state index contributed by atoms with van der Waals surface area (Å²) in [7, 11) is 1.69. The van der Waals surface area contributed by atoms with Gasteiger partial charge in [0.25, 0.3) is 0 Å². The van der Waals surface area contributed by atoms with Gasteiger partial charge in [0.05, 0.1) is 19.9 Å². The van der Waals surface area contributed by atoms with Crippen LogP contribution >= 0.6 is 11.6 Å². The molecule has 0 saturated carbocycles. The molecule has 0 atom stereocenters. The Balaban J connectivity index is 0.000000149. The summed E-state index contributed by atoms with van der Waals surface area (Å²) < 4.78 is 14.9. The highest BCUT2D eigenvalue weighted by atomic mass is 35.5. The number of nitrogens with zero attached hydrogens (tertiary/aromatic N) is 6. The standard InChI is InChI=1S/C26H22N4O.C19H15ClN4.C7H9BO3/c1-31-25-12-5-3-10-22(25)23-16-26(28-18-27-23)29-21-9-6-7-19(15-21)17-30-14-13-20-8-2-4-11-24(20)30;20-18-11-19(22-13-21-18)23-16-6-3-4-14(10-16)12-24-9-8-15-5-1-2-7-17(15)24;1-11-7-5-3-2-4-6(7)8(9)10/h2-16,18H,17H2,1H3,(H,27,28,29);1-11,13H,12H2,(H,21,22,23);2-5,9-10H,1H3. The fraction of sp³-hybridized carbons (Fsp3) is 0.0769. The van der Waals surface area contributed by atoms with Crippen LogP contribution in [0.25, 0.3) is 33.1 Å². The van der Waals surface area contributed by atoms with Gasteiger partial charge >= 0.3 is 7.12 Å². The number of methoxy groups -OCH3 is 2. The molecule has 4 heterocycles. The van der Waals surface area contributed by atoms with Crippen molar-refractivity contribution in [2.24, 2.45) is 0 Å². The van der Waals surface area contributed by atoms with Crippen molar-refractivity contribution < 1.29 is 19.5 Å². The highest BCUT2D eigenvalue weighted by Crippen LogP contribution is 2.30. The molecule has 0 saturated heterocycles. The molecule has 0 fully saturated rings. The van der Waals surface area contributed by atoms with Gasteiger partial charge in [0.1, 0.15) is 40.9 Å². The smallest absolute Gasteiger partial charge is 0.492 e. The monoisotopic (exact) mass is 892 g/mol. The Morgan fingerprint density at radius 1 is 0.530 bits per heavy atom. The van der Waals surface area contributed by atoms with Crippen LogP contribution in [-0.2, 0) is 13.1 Å². The Labute approximate surface area is 387 Å². The predicted octanol–water partition coefficient (Wildman–Crippen LogP) is 10.2. The fourth-order valence-electron chi connectivity index (χ4n) is 7.45. The molecule has 14 heteroatoms. The summed E-state index contributed by atoms with van der Waals surface area (Å²) in [5.74, 6) is 2.69. The lowest BCUT2D eigenvalue weighted by Crippen LogP contribution is -2.30. The molecule has 0 unspecified atom stereocenters. The molecule has 0 aliphatic heterocycles. The number of rotatable bonds is 12. The van der Waals surface area contributed by atoms with Crippen LogP contribution in [0.4, 0.5) is 23.0 Å². The van der Waals surface area contributed by atoms with Crippen molar-refractivity contribution in [1.29, 1.82) is 0 Å². The molecule has 66 heavy (non-hydrogen) atoms. The average Bonchev–Trinajstić information content (AvgIpc) is 3.96. The maximum atomic E-state index is 8.81.